The number of fused-ring (bicyclic) bond motifs is 1. The average molecular weight is 295 g/mol. The molecule has 110 valence electrons. The highest BCUT2D eigenvalue weighted by Crippen LogP contribution is 2.22. The molecule has 2 rings (SSSR count). The molecule has 0 bridgehead atoms. The van der Waals surface area contributed by atoms with Gasteiger partial charge in [0.25, 0.3) is 0 Å². The van der Waals surface area contributed by atoms with E-state index in [1.54, 1.807) is 18.2 Å². The Balaban J connectivity index is 2.35. The minimum atomic E-state index is -3.20. The molecule has 5 nitrogen and oxygen atoms in total. The molecule has 0 radical (unpaired) electrons. The summed E-state index contributed by atoms with van der Waals surface area (Å²) in [6.45, 7) is 6.26. The molecule has 1 aromatic heterocycles. The summed E-state index contributed by atoms with van der Waals surface area (Å²) in [5, 5.41) is 0. The zero-order valence-corrected chi connectivity index (χ0v) is 13.1. The predicted octanol–water partition coefficient (Wildman–Crippen LogP) is 1.88. The third-order valence-corrected chi connectivity index (χ3v) is 4.57. The number of nitrogens with zero attached hydrogens (tertiary/aromatic N) is 1. The molecular formula is C14H21N3O2S. The van der Waals surface area contributed by atoms with E-state index < -0.39 is 9.84 Å². The zero-order chi connectivity index (χ0) is 15.1. The molecule has 3 N–H and O–H groups in total. The number of aromatic amines is 1. The molecule has 0 aliphatic rings. The van der Waals surface area contributed by atoms with Crippen LogP contribution in [0.2, 0.25) is 0 Å². The number of rotatable bonds is 3. The van der Waals surface area contributed by atoms with Gasteiger partial charge in [-0.1, -0.05) is 20.8 Å². The SMILES string of the molecule is CC(C)(C)C(N)Cc1nc2ccc(S(C)(=O)=O)cc2[nH]1. The minimum absolute atomic E-state index is 0.00308. The molecule has 6 heteroatoms. The molecule has 1 heterocycles. The Morgan fingerprint density at radius 2 is 2.00 bits per heavy atom. The van der Waals surface area contributed by atoms with Crippen LogP contribution in [-0.2, 0) is 16.3 Å². The van der Waals surface area contributed by atoms with Crippen molar-refractivity contribution < 1.29 is 8.42 Å². The second-order valence-corrected chi connectivity index (χ2v) is 8.33. The van der Waals surface area contributed by atoms with Crippen molar-refractivity contribution in [1.29, 1.82) is 0 Å². The van der Waals surface area contributed by atoms with Crippen molar-refractivity contribution in [2.24, 2.45) is 11.1 Å². The summed E-state index contributed by atoms with van der Waals surface area (Å²) in [6.07, 6.45) is 1.83. The lowest BCUT2D eigenvalue weighted by atomic mass is 9.85. The average Bonchev–Trinajstić information content (AvgIpc) is 2.67. The molecule has 0 aliphatic carbocycles. The number of H-pyrrole nitrogens is 1. The Labute approximate surface area is 119 Å². The van der Waals surface area contributed by atoms with E-state index in [1.807, 2.05) is 0 Å². The monoisotopic (exact) mass is 295 g/mol. The number of nitrogens with two attached hydrogens (primary N) is 1. The van der Waals surface area contributed by atoms with Crippen LogP contribution in [0.1, 0.15) is 26.6 Å². The van der Waals surface area contributed by atoms with Crippen LogP contribution in [0, 0.1) is 5.41 Å². The molecule has 0 spiro atoms. The first-order valence-electron chi connectivity index (χ1n) is 6.51. The number of sulfone groups is 1. The summed E-state index contributed by atoms with van der Waals surface area (Å²) in [4.78, 5) is 7.91. The number of hydrogen-bond acceptors (Lipinski definition) is 4. The van der Waals surface area contributed by atoms with Gasteiger partial charge in [-0.3, -0.25) is 0 Å². The second kappa shape index (κ2) is 4.86. The van der Waals surface area contributed by atoms with Gasteiger partial charge in [0.15, 0.2) is 9.84 Å². The van der Waals surface area contributed by atoms with Gasteiger partial charge in [0.05, 0.1) is 15.9 Å². The summed E-state index contributed by atoms with van der Waals surface area (Å²) in [5.74, 6) is 0.785. The fourth-order valence-corrected chi connectivity index (χ4v) is 2.53. The van der Waals surface area contributed by atoms with Crippen molar-refractivity contribution in [1.82, 2.24) is 9.97 Å². The van der Waals surface area contributed by atoms with Gasteiger partial charge < -0.3 is 10.7 Å². The van der Waals surface area contributed by atoms with Gasteiger partial charge in [0.2, 0.25) is 0 Å². The number of nitrogens with one attached hydrogen (secondary N) is 1. The van der Waals surface area contributed by atoms with Gasteiger partial charge in [0, 0.05) is 18.7 Å². The molecule has 0 amide bonds. The van der Waals surface area contributed by atoms with Gasteiger partial charge in [0.1, 0.15) is 5.82 Å². The first-order valence-corrected chi connectivity index (χ1v) is 8.41. The highest BCUT2D eigenvalue weighted by atomic mass is 32.2. The van der Waals surface area contributed by atoms with Gasteiger partial charge in [-0.25, -0.2) is 13.4 Å². The number of aromatic nitrogens is 2. The van der Waals surface area contributed by atoms with Crippen molar-refractivity contribution in [3.63, 3.8) is 0 Å². The largest absolute Gasteiger partial charge is 0.342 e. The van der Waals surface area contributed by atoms with Crippen LogP contribution in [0.4, 0.5) is 0 Å². The van der Waals surface area contributed by atoms with E-state index in [0.29, 0.717) is 11.3 Å². The maximum absolute atomic E-state index is 11.5. The number of hydrogen-bond donors (Lipinski definition) is 2. The normalized spacial score (nSPS) is 14.7. The zero-order valence-electron chi connectivity index (χ0n) is 12.3. The summed E-state index contributed by atoms with van der Waals surface area (Å²) < 4.78 is 23.1. The lowest BCUT2D eigenvalue weighted by molar-refractivity contribution is 0.315. The topological polar surface area (TPSA) is 88.8 Å². The maximum atomic E-state index is 11.5. The number of benzene rings is 1. The molecule has 0 aliphatic heterocycles. The first-order chi connectivity index (χ1) is 9.07. The quantitative estimate of drug-likeness (QED) is 0.905. The van der Waals surface area contributed by atoms with E-state index in [0.717, 1.165) is 16.9 Å². The van der Waals surface area contributed by atoms with Gasteiger partial charge in [-0.15, -0.1) is 0 Å². The van der Waals surface area contributed by atoms with Crippen molar-refractivity contribution >= 4 is 20.9 Å². The third-order valence-electron chi connectivity index (χ3n) is 3.46. The highest BCUT2D eigenvalue weighted by Gasteiger charge is 2.22. The lowest BCUT2D eigenvalue weighted by Crippen LogP contribution is -2.37. The molecule has 1 unspecified atom stereocenters. The van der Waals surface area contributed by atoms with Crippen molar-refractivity contribution in [3.05, 3.63) is 24.0 Å². The minimum Gasteiger partial charge on any atom is -0.342 e. The van der Waals surface area contributed by atoms with Crippen molar-refractivity contribution in [2.75, 3.05) is 6.26 Å². The van der Waals surface area contributed by atoms with Gasteiger partial charge >= 0.3 is 0 Å². The Hall–Kier alpha value is -1.40. The van der Waals surface area contributed by atoms with Crippen molar-refractivity contribution in [3.8, 4) is 0 Å². The first kappa shape index (κ1) is 15.0. The predicted molar refractivity (Wildman–Crippen MR) is 80.3 cm³/mol. The molecule has 1 atom stereocenters. The molecular weight excluding hydrogens is 274 g/mol. The smallest absolute Gasteiger partial charge is 0.175 e. The van der Waals surface area contributed by atoms with Gasteiger partial charge in [-0.05, 0) is 23.6 Å². The van der Waals surface area contributed by atoms with Gasteiger partial charge in [-0.2, -0.15) is 0 Å². The van der Waals surface area contributed by atoms with Crippen molar-refractivity contribution in [2.45, 2.75) is 38.1 Å². The van der Waals surface area contributed by atoms with Crippen LogP contribution < -0.4 is 5.73 Å². The Morgan fingerprint density at radius 1 is 1.35 bits per heavy atom. The standard InChI is InChI=1S/C14H21N3O2S/c1-14(2,3)12(15)8-13-16-10-6-5-9(20(4,18)19)7-11(10)17-13/h5-7,12H,8,15H2,1-4H3,(H,16,17). The molecule has 0 saturated heterocycles. The Kier molecular flexibility index (Phi) is 3.64. The lowest BCUT2D eigenvalue weighted by Gasteiger charge is -2.26. The van der Waals surface area contributed by atoms with Crippen LogP contribution in [0.3, 0.4) is 0 Å². The van der Waals surface area contributed by atoms with Crippen LogP contribution in [-0.4, -0.2) is 30.7 Å². The summed E-state index contributed by atoms with van der Waals surface area (Å²) in [5.41, 5.74) is 7.63. The molecule has 20 heavy (non-hydrogen) atoms. The van der Waals surface area contributed by atoms with Crippen LogP contribution in [0.25, 0.3) is 11.0 Å². The summed E-state index contributed by atoms with van der Waals surface area (Å²) in [6, 6.07) is 4.89. The fourth-order valence-electron chi connectivity index (χ4n) is 1.88. The molecule has 1 aromatic carbocycles. The summed E-state index contributed by atoms with van der Waals surface area (Å²) >= 11 is 0. The fraction of sp³-hybridized carbons (Fsp3) is 0.500. The van der Waals surface area contributed by atoms with Crippen LogP contribution >= 0.6 is 0 Å². The Bertz CT molecular complexity index is 726. The van der Waals surface area contributed by atoms with Crippen LogP contribution in [0.5, 0.6) is 0 Å². The third kappa shape index (κ3) is 3.19. The molecule has 0 saturated carbocycles. The summed E-state index contributed by atoms with van der Waals surface area (Å²) in [7, 11) is -3.20. The van der Waals surface area contributed by atoms with E-state index in [2.05, 4.69) is 30.7 Å². The van der Waals surface area contributed by atoms with E-state index in [9.17, 15) is 8.42 Å². The second-order valence-electron chi connectivity index (χ2n) is 6.31. The van der Waals surface area contributed by atoms with E-state index in [4.69, 9.17) is 5.73 Å². The van der Waals surface area contributed by atoms with E-state index >= 15 is 0 Å². The highest BCUT2D eigenvalue weighted by molar-refractivity contribution is 7.90. The molecule has 2 aromatic rings. The van der Waals surface area contributed by atoms with E-state index in [1.165, 1.54) is 6.26 Å². The van der Waals surface area contributed by atoms with E-state index in [-0.39, 0.29) is 11.5 Å². The Morgan fingerprint density at radius 3 is 2.55 bits per heavy atom. The number of imidazole rings is 1. The molecule has 0 fully saturated rings. The maximum Gasteiger partial charge on any atom is 0.175 e. The van der Waals surface area contributed by atoms with Crippen LogP contribution in [0.15, 0.2) is 23.1 Å².